The highest BCUT2D eigenvalue weighted by molar-refractivity contribution is 6.01. The summed E-state index contributed by atoms with van der Waals surface area (Å²) in [5.74, 6) is -1.54. The molecule has 2 aliphatic rings. The third-order valence-corrected chi connectivity index (χ3v) is 6.31. The largest absolute Gasteiger partial charge is 0.435 e. The minimum Gasteiger partial charge on any atom is -0.379 e. The molecule has 2 saturated heterocycles. The Morgan fingerprint density at radius 1 is 1.17 bits per heavy atom. The number of hydrogen-bond acceptors (Lipinski definition) is 8. The summed E-state index contributed by atoms with van der Waals surface area (Å²) in [6.07, 6.45) is -0.575. The molecule has 2 amide bonds. The summed E-state index contributed by atoms with van der Waals surface area (Å²) >= 11 is 0. The maximum atomic E-state index is 13.2. The number of nitrogens with zero attached hydrogens (tertiary/aromatic N) is 6. The minimum atomic E-state index is -4.91. The number of nitrogens with one attached hydrogen (secondary N) is 1. The van der Waals surface area contributed by atoms with Crippen LogP contribution in [0.2, 0.25) is 0 Å². The standard InChI is InChI=1S/C21H24F4N8O3/c22-12-10-28-20(29-11-12)32-5-2-13-14(32)1-4-31(13)16(34)3-7-36-8-6-33-15(9-26)17(19(27)35)18(30-33)21(23,24)25/h9-11,13-14,26H,1-8H2,(H2,27,35)/t13-,14-/m1/s1. The van der Waals surface area contributed by atoms with Crippen LogP contribution in [0.4, 0.5) is 23.5 Å². The maximum absolute atomic E-state index is 13.2. The van der Waals surface area contributed by atoms with E-state index in [-0.39, 0.29) is 49.9 Å². The van der Waals surface area contributed by atoms with Gasteiger partial charge in [-0.3, -0.25) is 14.3 Å². The van der Waals surface area contributed by atoms with Crippen molar-refractivity contribution in [2.45, 2.75) is 44.1 Å². The first kappa shape index (κ1) is 25.5. The van der Waals surface area contributed by atoms with E-state index in [4.69, 9.17) is 15.9 Å². The number of aromatic nitrogens is 4. The topological polar surface area (TPSA) is 143 Å². The van der Waals surface area contributed by atoms with E-state index in [0.29, 0.717) is 25.3 Å². The molecule has 0 saturated carbocycles. The van der Waals surface area contributed by atoms with Gasteiger partial charge in [-0.2, -0.15) is 18.3 Å². The van der Waals surface area contributed by atoms with Gasteiger partial charge in [0, 0.05) is 19.3 Å². The SMILES string of the molecule is N=Cc1c(C(N)=O)c(C(F)(F)F)nn1CCOCCC(=O)N1CC[C@@H]2[C@H]1CCN2c1ncc(F)cn1. The van der Waals surface area contributed by atoms with Crippen LogP contribution in [0, 0.1) is 11.2 Å². The highest BCUT2D eigenvalue weighted by Gasteiger charge is 2.45. The van der Waals surface area contributed by atoms with Crippen molar-refractivity contribution < 1.29 is 31.9 Å². The van der Waals surface area contributed by atoms with Gasteiger partial charge in [0.2, 0.25) is 11.9 Å². The number of ether oxygens (including phenoxy) is 1. The number of amides is 2. The fraction of sp³-hybridized carbons (Fsp3) is 0.524. The maximum Gasteiger partial charge on any atom is 0.435 e. The number of carbonyl (C=O) groups is 2. The number of hydrogen-bond donors (Lipinski definition) is 2. The molecule has 2 atom stereocenters. The second kappa shape index (κ2) is 10.2. The summed E-state index contributed by atoms with van der Waals surface area (Å²) < 4.78 is 59.0. The van der Waals surface area contributed by atoms with Crippen LogP contribution in [0.15, 0.2) is 12.4 Å². The van der Waals surface area contributed by atoms with Gasteiger partial charge in [-0.05, 0) is 12.8 Å². The highest BCUT2D eigenvalue weighted by atomic mass is 19.4. The molecule has 4 heterocycles. The predicted octanol–water partition coefficient (Wildman–Crippen LogP) is 1.21. The Morgan fingerprint density at radius 3 is 2.50 bits per heavy atom. The number of likely N-dealkylation sites (tertiary alicyclic amines) is 1. The fourth-order valence-corrected chi connectivity index (χ4v) is 4.79. The lowest BCUT2D eigenvalue weighted by Gasteiger charge is -2.25. The van der Waals surface area contributed by atoms with E-state index in [0.717, 1.165) is 29.9 Å². The monoisotopic (exact) mass is 512 g/mol. The number of primary amides is 1. The van der Waals surface area contributed by atoms with Gasteiger partial charge in [0.25, 0.3) is 5.91 Å². The van der Waals surface area contributed by atoms with E-state index in [9.17, 15) is 27.2 Å². The molecule has 0 aromatic carbocycles. The predicted molar refractivity (Wildman–Crippen MR) is 117 cm³/mol. The van der Waals surface area contributed by atoms with Crippen LogP contribution in [0.3, 0.4) is 0 Å². The summed E-state index contributed by atoms with van der Waals surface area (Å²) in [6, 6.07) is 0.0281. The van der Waals surface area contributed by atoms with Crippen molar-refractivity contribution in [3.63, 3.8) is 0 Å². The number of anilines is 1. The molecule has 4 rings (SSSR count). The van der Waals surface area contributed by atoms with Gasteiger partial charge in [0.15, 0.2) is 11.5 Å². The quantitative estimate of drug-likeness (QED) is 0.292. The molecular weight excluding hydrogens is 488 g/mol. The molecule has 11 nitrogen and oxygen atoms in total. The number of halogens is 4. The zero-order valence-electron chi connectivity index (χ0n) is 19.0. The molecule has 194 valence electrons. The van der Waals surface area contributed by atoms with Crippen LogP contribution in [-0.2, 0) is 22.3 Å². The molecule has 0 unspecified atom stereocenters. The third-order valence-electron chi connectivity index (χ3n) is 6.31. The normalized spacial score (nSPS) is 19.6. The molecule has 2 aliphatic heterocycles. The van der Waals surface area contributed by atoms with Crippen molar-refractivity contribution in [3.8, 4) is 0 Å². The number of rotatable bonds is 9. The first-order chi connectivity index (χ1) is 17.1. The zero-order chi connectivity index (χ0) is 26.0. The van der Waals surface area contributed by atoms with Gasteiger partial charge >= 0.3 is 6.18 Å². The molecule has 3 N–H and O–H groups in total. The molecule has 0 radical (unpaired) electrons. The van der Waals surface area contributed by atoms with Crippen molar-refractivity contribution >= 4 is 24.0 Å². The lowest BCUT2D eigenvalue weighted by molar-refractivity contribution is -0.142. The summed E-state index contributed by atoms with van der Waals surface area (Å²) in [6.45, 7) is 0.975. The first-order valence-corrected chi connectivity index (χ1v) is 11.2. The molecule has 2 fully saturated rings. The highest BCUT2D eigenvalue weighted by Crippen LogP contribution is 2.34. The molecule has 2 aromatic rings. The van der Waals surface area contributed by atoms with E-state index >= 15 is 0 Å². The van der Waals surface area contributed by atoms with Crippen molar-refractivity contribution in [2.24, 2.45) is 5.73 Å². The Bertz CT molecular complexity index is 1140. The number of nitrogens with two attached hydrogens (primary N) is 1. The van der Waals surface area contributed by atoms with Gasteiger partial charge in [-0.1, -0.05) is 0 Å². The van der Waals surface area contributed by atoms with Crippen LogP contribution in [0.25, 0.3) is 0 Å². The Morgan fingerprint density at radius 2 is 1.86 bits per heavy atom. The minimum absolute atomic E-state index is 0.0154. The van der Waals surface area contributed by atoms with Crippen molar-refractivity contribution in [2.75, 3.05) is 31.2 Å². The molecule has 36 heavy (non-hydrogen) atoms. The average Bonchev–Trinajstić information content (AvgIpc) is 3.52. The Balaban J connectivity index is 1.28. The van der Waals surface area contributed by atoms with Crippen LogP contribution in [-0.4, -0.2) is 81.1 Å². The van der Waals surface area contributed by atoms with E-state index < -0.39 is 29.2 Å². The second-order valence-electron chi connectivity index (χ2n) is 8.39. The first-order valence-electron chi connectivity index (χ1n) is 11.2. The number of carbonyl (C=O) groups excluding carboxylic acids is 2. The van der Waals surface area contributed by atoms with Crippen LogP contribution in [0.1, 0.15) is 41.0 Å². The number of alkyl halides is 3. The van der Waals surface area contributed by atoms with Gasteiger partial charge in [0.1, 0.15) is 0 Å². The van der Waals surface area contributed by atoms with E-state index in [1.54, 1.807) is 4.90 Å². The van der Waals surface area contributed by atoms with Gasteiger partial charge in [-0.15, -0.1) is 0 Å². The van der Waals surface area contributed by atoms with Gasteiger partial charge in [-0.25, -0.2) is 14.4 Å². The molecule has 2 aromatic heterocycles. The van der Waals surface area contributed by atoms with Crippen LogP contribution in [0.5, 0.6) is 0 Å². The molecule has 15 heteroatoms. The summed E-state index contributed by atoms with van der Waals surface area (Å²) in [5, 5.41) is 10.8. The number of fused-ring (bicyclic) bond motifs is 1. The smallest absolute Gasteiger partial charge is 0.379 e. The van der Waals surface area contributed by atoms with Crippen molar-refractivity contribution in [3.05, 3.63) is 35.2 Å². The molecule has 0 aliphatic carbocycles. The van der Waals surface area contributed by atoms with Crippen molar-refractivity contribution in [1.82, 2.24) is 24.6 Å². The Kier molecular flexibility index (Phi) is 7.19. The van der Waals surface area contributed by atoms with Crippen LogP contribution < -0.4 is 10.6 Å². The summed E-state index contributed by atoms with van der Waals surface area (Å²) in [5.41, 5.74) is 2.37. The summed E-state index contributed by atoms with van der Waals surface area (Å²) in [4.78, 5) is 36.1. The Labute approximate surface area is 202 Å². The lowest BCUT2D eigenvalue weighted by atomic mass is 10.1. The third kappa shape index (κ3) is 5.01. The lowest BCUT2D eigenvalue weighted by Crippen LogP contribution is -2.40. The average molecular weight is 512 g/mol. The Hall–Kier alpha value is -3.62. The molecule has 0 spiro atoms. The van der Waals surface area contributed by atoms with Gasteiger partial charge in [0.05, 0.1) is 61.9 Å². The van der Waals surface area contributed by atoms with E-state index in [2.05, 4.69) is 15.1 Å². The van der Waals surface area contributed by atoms with E-state index in [1.165, 1.54) is 0 Å². The summed E-state index contributed by atoms with van der Waals surface area (Å²) in [7, 11) is 0. The second-order valence-corrected chi connectivity index (χ2v) is 8.39. The molecule has 0 bridgehead atoms. The van der Waals surface area contributed by atoms with Gasteiger partial charge < -0.3 is 25.7 Å². The van der Waals surface area contributed by atoms with Crippen LogP contribution >= 0.6 is 0 Å². The zero-order valence-corrected chi connectivity index (χ0v) is 19.0. The van der Waals surface area contributed by atoms with Crippen molar-refractivity contribution in [1.29, 1.82) is 5.41 Å². The molecular formula is C21H24F4N8O3. The van der Waals surface area contributed by atoms with E-state index in [1.807, 2.05) is 4.90 Å². The fourth-order valence-electron chi connectivity index (χ4n) is 4.79.